The molecule has 0 saturated carbocycles. The first kappa shape index (κ1) is 17.2. The zero-order valence-electron chi connectivity index (χ0n) is 14.9. The van der Waals surface area contributed by atoms with Crippen LogP contribution in [0.25, 0.3) is 10.2 Å². The normalized spacial score (nSPS) is 16.0. The van der Waals surface area contributed by atoms with E-state index in [0.717, 1.165) is 22.7 Å². The van der Waals surface area contributed by atoms with Crippen molar-refractivity contribution in [3.63, 3.8) is 0 Å². The van der Waals surface area contributed by atoms with Crippen LogP contribution < -0.4 is 5.32 Å². The Morgan fingerprint density at radius 1 is 1.19 bits per heavy atom. The third-order valence-electron chi connectivity index (χ3n) is 4.99. The number of hydrogen-bond donors (Lipinski definition) is 1. The third kappa shape index (κ3) is 3.94. The molecule has 0 spiro atoms. The second-order valence-electron chi connectivity index (χ2n) is 7.10. The van der Waals surface area contributed by atoms with Crippen LogP contribution in [0.2, 0.25) is 0 Å². The first-order valence-corrected chi connectivity index (χ1v) is 9.97. The molecule has 1 N–H and O–H groups in total. The lowest BCUT2D eigenvalue weighted by molar-refractivity contribution is 0.102. The van der Waals surface area contributed by atoms with E-state index >= 15 is 0 Å². The summed E-state index contributed by atoms with van der Waals surface area (Å²) in [4.78, 5) is 19.4. The Kier molecular flexibility index (Phi) is 5.00. The van der Waals surface area contributed by atoms with E-state index in [9.17, 15) is 4.79 Å². The first-order chi connectivity index (χ1) is 12.7. The number of carbonyl (C=O) groups is 1. The maximum atomic E-state index is 12.3. The van der Waals surface area contributed by atoms with Crippen molar-refractivity contribution in [3.8, 4) is 0 Å². The van der Waals surface area contributed by atoms with Crippen LogP contribution in [-0.2, 0) is 6.54 Å². The Hall–Kier alpha value is -2.24. The zero-order chi connectivity index (χ0) is 17.9. The molecule has 0 radical (unpaired) electrons. The van der Waals surface area contributed by atoms with E-state index in [0.29, 0.717) is 10.7 Å². The summed E-state index contributed by atoms with van der Waals surface area (Å²) >= 11 is 1.54. The van der Waals surface area contributed by atoms with Gasteiger partial charge >= 0.3 is 0 Å². The smallest absolute Gasteiger partial charge is 0.257 e. The Morgan fingerprint density at radius 2 is 1.96 bits per heavy atom. The highest BCUT2D eigenvalue weighted by molar-refractivity contribution is 7.22. The average molecular weight is 366 g/mol. The zero-order valence-corrected chi connectivity index (χ0v) is 15.8. The van der Waals surface area contributed by atoms with E-state index in [1.54, 1.807) is 12.1 Å². The molecule has 2 aromatic carbocycles. The molecule has 0 unspecified atom stereocenters. The van der Waals surface area contributed by atoms with E-state index in [2.05, 4.69) is 40.3 Å². The number of benzene rings is 2. The quantitative estimate of drug-likeness (QED) is 0.724. The molecular weight excluding hydrogens is 342 g/mol. The average Bonchev–Trinajstić information content (AvgIpc) is 3.06. The van der Waals surface area contributed by atoms with Crippen molar-refractivity contribution in [2.45, 2.75) is 26.3 Å². The van der Waals surface area contributed by atoms with Gasteiger partial charge in [-0.3, -0.25) is 15.0 Å². The number of carbonyl (C=O) groups excluding carboxylic acids is 1. The van der Waals surface area contributed by atoms with Crippen LogP contribution in [0.4, 0.5) is 5.13 Å². The van der Waals surface area contributed by atoms with Crippen molar-refractivity contribution in [2.24, 2.45) is 5.92 Å². The molecule has 0 bridgehead atoms. The maximum absolute atomic E-state index is 12.3. The summed E-state index contributed by atoms with van der Waals surface area (Å²) in [5.74, 6) is 0.735. The van der Waals surface area contributed by atoms with Gasteiger partial charge in [-0.2, -0.15) is 0 Å². The topological polar surface area (TPSA) is 45.2 Å². The molecule has 1 amide bonds. The molecule has 1 fully saturated rings. The molecule has 2 heterocycles. The second kappa shape index (κ2) is 7.56. The van der Waals surface area contributed by atoms with E-state index < -0.39 is 0 Å². The molecule has 1 aromatic heterocycles. The fourth-order valence-corrected chi connectivity index (χ4v) is 4.28. The maximum Gasteiger partial charge on any atom is 0.257 e. The summed E-state index contributed by atoms with van der Waals surface area (Å²) in [5, 5.41) is 3.56. The van der Waals surface area contributed by atoms with Gasteiger partial charge in [-0.1, -0.05) is 42.5 Å². The molecular formula is C21H23N3OS. The number of hydrogen-bond acceptors (Lipinski definition) is 4. The predicted molar refractivity (Wildman–Crippen MR) is 108 cm³/mol. The van der Waals surface area contributed by atoms with Crippen LogP contribution >= 0.6 is 11.3 Å². The molecule has 134 valence electrons. The fraction of sp³-hybridized carbons (Fsp3) is 0.333. The number of thiazole rings is 1. The molecule has 0 atom stereocenters. The minimum absolute atomic E-state index is 0.118. The highest BCUT2D eigenvalue weighted by Crippen LogP contribution is 2.28. The van der Waals surface area contributed by atoms with Crippen LogP contribution in [0.1, 0.15) is 35.7 Å². The Bertz CT molecular complexity index is 898. The molecule has 26 heavy (non-hydrogen) atoms. The number of nitrogens with one attached hydrogen (secondary N) is 1. The third-order valence-corrected chi connectivity index (χ3v) is 5.93. The standard InChI is InChI=1S/C21H23N3OS/c1-15-9-11-24(12-10-15)14-16-7-8-18-19(13-16)26-21(22-18)23-20(25)17-5-3-2-4-6-17/h2-8,13,15H,9-12,14H2,1H3,(H,22,23,25). The first-order valence-electron chi connectivity index (χ1n) is 9.15. The molecule has 1 saturated heterocycles. The van der Waals surface area contributed by atoms with Gasteiger partial charge in [0.2, 0.25) is 0 Å². The van der Waals surface area contributed by atoms with Crippen LogP contribution in [0.3, 0.4) is 0 Å². The number of aromatic nitrogens is 1. The van der Waals surface area contributed by atoms with Crippen molar-refractivity contribution in [1.29, 1.82) is 0 Å². The summed E-state index contributed by atoms with van der Waals surface area (Å²) in [6.07, 6.45) is 2.58. The van der Waals surface area contributed by atoms with E-state index in [-0.39, 0.29) is 5.91 Å². The number of rotatable bonds is 4. The second-order valence-corrected chi connectivity index (χ2v) is 8.13. The van der Waals surface area contributed by atoms with Gasteiger partial charge in [0.05, 0.1) is 10.2 Å². The summed E-state index contributed by atoms with van der Waals surface area (Å²) in [7, 11) is 0. The van der Waals surface area contributed by atoms with Gasteiger partial charge in [0, 0.05) is 12.1 Å². The molecule has 0 aliphatic carbocycles. The Labute approximate surface area is 157 Å². The van der Waals surface area contributed by atoms with Crippen molar-refractivity contribution in [2.75, 3.05) is 18.4 Å². The van der Waals surface area contributed by atoms with Crippen LogP contribution in [0.5, 0.6) is 0 Å². The van der Waals surface area contributed by atoms with Crippen LogP contribution in [0.15, 0.2) is 48.5 Å². The minimum atomic E-state index is -0.118. The number of piperidine rings is 1. The Morgan fingerprint density at radius 3 is 2.73 bits per heavy atom. The molecule has 4 rings (SSSR count). The van der Waals surface area contributed by atoms with Gasteiger partial charge in [-0.05, 0) is 61.7 Å². The number of anilines is 1. The lowest BCUT2D eigenvalue weighted by Crippen LogP contribution is -2.32. The molecule has 1 aliphatic heterocycles. The van der Waals surface area contributed by atoms with E-state index in [1.807, 2.05) is 18.2 Å². The van der Waals surface area contributed by atoms with Gasteiger partial charge in [0.25, 0.3) is 5.91 Å². The van der Waals surface area contributed by atoms with Crippen molar-refractivity contribution in [1.82, 2.24) is 9.88 Å². The van der Waals surface area contributed by atoms with Gasteiger partial charge < -0.3 is 0 Å². The highest BCUT2D eigenvalue weighted by Gasteiger charge is 2.16. The van der Waals surface area contributed by atoms with Gasteiger partial charge in [0.1, 0.15) is 0 Å². The molecule has 4 nitrogen and oxygen atoms in total. The minimum Gasteiger partial charge on any atom is -0.299 e. The van der Waals surface area contributed by atoms with Gasteiger partial charge in [0.15, 0.2) is 5.13 Å². The molecule has 5 heteroatoms. The monoisotopic (exact) mass is 365 g/mol. The van der Waals surface area contributed by atoms with Crippen LogP contribution in [-0.4, -0.2) is 28.9 Å². The summed E-state index contributed by atoms with van der Waals surface area (Å²) in [6, 6.07) is 15.7. The summed E-state index contributed by atoms with van der Waals surface area (Å²) in [5.41, 5.74) is 2.90. The fourth-order valence-electron chi connectivity index (χ4n) is 3.36. The lowest BCUT2D eigenvalue weighted by Gasteiger charge is -2.30. The number of nitrogens with zero attached hydrogens (tertiary/aromatic N) is 2. The predicted octanol–water partition coefficient (Wildman–Crippen LogP) is 4.78. The van der Waals surface area contributed by atoms with Gasteiger partial charge in [-0.25, -0.2) is 4.98 Å². The SMILES string of the molecule is CC1CCN(Cc2ccc3nc(NC(=O)c4ccccc4)sc3c2)CC1. The van der Waals surface area contributed by atoms with Crippen LogP contribution in [0, 0.1) is 5.92 Å². The van der Waals surface area contributed by atoms with Gasteiger partial charge in [-0.15, -0.1) is 0 Å². The highest BCUT2D eigenvalue weighted by atomic mass is 32.1. The number of fused-ring (bicyclic) bond motifs is 1. The van der Waals surface area contributed by atoms with E-state index in [1.165, 1.54) is 42.8 Å². The lowest BCUT2D eigenvalue weighted by atomic mass is 9.99. The van der Waals surface area contributed by atoms with Crippen molar-refractivity contribution < 1.29 is 4.79 Å². The summed E-state index contributed by atoms with van der Waals surface area (Å²) < 4.78 is 1.12. The van der Waals surface area contributed by atoms with Crippen molar-refractivity contribution >= 4 is 32.6 Å². The largest absolute Gasteiger partial charge is 0.299 e. The molecule has 1 aliphatic rings. The van der Waals surface area contributed by atoms with E-state index in [4.69, 9.17) is 0 Å². The van der Waals surface area contributed by atoms with Crippen molar-refractivity contribution in [3.05, 3.63) is 59.7 Å². The number of likely N-dealkylation sites (tertiary alicyclic amines) is 1. The summed E-state index contributed by atoms with van der Waals surface area (Å²) in [6.45, 7) is 5.69. The number of amides is 1. The Balaban J connectivity index is 1.46. The molecule has 3 aromatic rings.